The molecule has 0 saturated carbocycles. The van der Waals surface area contributed by atoms with E-state index in [9.17, 15) is 9.59 Å². The smallest absolute Gasteiger partial charge is 0.254 e. The van der Waals surface area contributed by atoms with Crippen LogP contribution in [0.2, 0.25) is 0 Å². The van der Waals surface area contributed by atoms with Gasteiger partial charge >= 0.3 is 0 Å². The Balaban J connectivity index is 1.84. The van der Waals surface area contributed by atoms with Gasteiger partial charge in [-0.25, -0.2) is 4.98 Å². The molecule has 0 radical (unpaired) electrons. The number of methoxy groups -OCH3 is 1. The largest absolute Gasteiger partial charge is 0.488 e. The van der Waals surface area contributed by atoms with Gasteiger partial charge in [-0.1, -0.05) is 27.2 Å². The monoisotopic (exact) mass is 377 g/mol. The average Bonchev–Trinajstić information content (AvgIpc) is 3.09. The Kier molecular flexibility index (Phi) is 4.79. The number of hydrogen-bond donors (Lipinski definition) is 2. The van der Waals surface area contributed by atoms with Crippen molar-refractivity contribution >= 4 is 33.4 Å². The fourth-order valence-corrected chi connectivity index (χ4v) is 4.47. The number of aromatic nitrogens is 1. The molecule has 0 aromatic carbocycles. The molecule has 7 nitrogen and oxygen atoms in total. The third kappa shape index (κ3) is 2.98. The summed E-state index contributed by atoms with van der Waals surface area (Å²) >= 11 is 1.42. The van der Waals surface area contributed by atoms with E-state index in [2.05, 4.69) is 17.2 Å². The minimum absolute atomic E-state index is 0.0516. The Morgan fingerprint density at radius 1 is 1.46 bits per heavy atom. The number of nitrogens with one attached hydrogen (secondary N) is 1. The van der Waals surface area contributed by atoms with Crippen LogP contribution in [0.5, 0.6) is 11.6 Å². The standard InChI is InChI=1S/C18H23N3O4S/c1-5-10-11(20-17(23)18(10,2)3)7-25-12-8-26-13-6-9(15(19)22)16(24-4)21-14(12)13/h6,8,10-11H,5,7H2,1-4H3,(H2,19,22)(H,20,23)/t10-,11+/m0/s1. The van der Waals surface area contributed by atoms with Gasteiger partial charge in [0, 0.05) is 10.8 Å². The zero-order valence-corrected chi connectivity index (χ0v) is 16.1. The summed E-state index contributed by atoms with van der Waals surface area (Å²) in [6.07, 6.45) is 0.887. The van der Waals surface area contributed by atoms with Crippen molar-refractivity contribution in [2.45, 2.75) is 33.2 Å². The van der Waals surface area contributed by atoms with E-state index in [-0.39, 0.29) is 29.3 Å². The second kappa shape index (κ2) is 6.75. The number of pyridine rings is 1. The lowest BCUT2D eigenvalue weighted by molar-refractivity contribution is -0.127. The van der Waals surface area contributed by atoms with E-state index in [4.69, 9.17) is 15.2 Å². The first kappa shape index (κ1) is 18.4. The average molecular weight is 377 g/mol. The van der Waals surface area contributed by atoms with Gasteiger partial charge in [0.1, 0.15) is 17.7 Å². The molecule has 0 aliphatic carbocycles. The minimum atomic E-state index is -0.589. The summed E-state index contributed by atoms with van der Waals surface area (Å²) in [6.45, 7) is 6.38. The highest BCUT2D eigenvalue weighted by Crippen LogP contribution is 2.39. The van der Waals surface area contributed by atoms with Gasteiger partial charge in [0.05, 0.1) is 17.9 Å². The topological polar surface area (TPSA) is 104 Å². The Labute approximate surface area is 155 Å². The van der Waals surface area contributed by atoms with Crippen LogP contribution >= 0.6 is 11.3 Å². The zero-order chi connectivity index (χ0) is 19.1. The highest BCUT2D eigenvalue weighted by Gasteiger charge is 2.47. The number of hydrogen-bond acceptors (Lipinski definition) is 6. The van der Waals surface area contributed by atoms with E-state index in [0.29, 0.717) is 17.9 Å². The second-order valence-electron chi connectivity index (χ2n) is 6.98. The van der Waals surface area contributed by atoms with Crippen molar-refractivity contribution in [3.05, 3.63) is 17.0 Å². The highest BCUT2D eigenvalue weighted by atomic mass is 32.1. The van der Waals surface area contributed by atoms with Gasteiger partial charge in [-0.05, 0) is 12.0 Å². The molecule has 2 aromatic heterocycles. The Hall–Kier alpha value is -2.35. The number of primary amides is 1. The van der Waals surface area contributed by atoms with E-state index in [1.54, 1.807) is 6.07 Å². The first-order valence-corrected chi connectivity index (χ1v) is 9.37. The molecule has 0 spiro atoms. The summed E-state index contributed by atoms with van der Waals surface area (Å²) in [5.41, 5.74) is 5.83. The van der Waals surface area contributed by atoms with E-state index in [1.807, 2.05) is 19.2 Å². The van der Waals surface area contributed by atoms with Crippen molar-refractivity contribution in [2.24, 2.45) is 17.1 Å². The summed E-state index contributed by atoms with van der Waals surface area (Å²) in [7, 11) is 1.44. The number of carbonyl (C=O) groups excluding carboxylic acids is 2. The summed E-state index contributed by atoms with van der Waals surface area (Å²) in [5.74, 6) is 0.444. The van der Waals surface area contributed by atoms with Crippen LogP contribution < -0.4 is 20.5 Å². The zero-order valence-electron chi connectivity index (χ0n) is 15.3. The quantitative estimate of drug-likeness (QED) is 0.804. The number of carbonyl (C=O) groups is 2. The Morgan fingerprint density at radius 3 is 2.81 bits per heavy atom. The molecule has 3 N–H and O–H groups in total. The van der Waals surface area contributed by atoms with Crippen molar-refractivity contribution < 1.29 is 19.1 Å². The van der Waals surface area contributed by atoms with Crippen LogP contribution in [0.3, 0.4) is 0 Å². The molecule has 2 amide bonds. The molecule has 0 bridgehead atoms. The summed E-state index contributed by atoms with van der Waals surface area (Å²) in [6, 6.07) is 1.61. The summed E-state index contributed by atoms with van der Waals surface area (Å²) in [4.78, 5) is 28.1. The molecule has 3 rings (SSSR count). The van der Waals surface area contributed by atoms with Crippen molar-refractivity contribution in [2.75, 3.05) is 13.7 Å². The molecule has 2 atom stereocenters. The fourth-order valence-electron chi connectivity index (χ4n) is 3.61. The number of rotatable bonds is 6. The predicted molar refractivity (Wildman–Crippen MR) is 99.7 cm³/mol. The van der Waals surface area contributed by atoms with Crippen LogP contribution in [0.4, 0.5) is 0 Å². The maximum Gasteiger partial charge on any atom is 0.254 e. The lowest BCUT2D eigenvalue weighted by Gasteiger charge is -2.25. The van der Waals surface area contributed by atoms with Crippen LogP contribution in [0, 0.1) is 11.3 Å². The summed E-state index contributed by atoms with van der Waals surface area (Å²) < 4.78 is 11.9. The maximum atomic E-state index is 12.2. The van der Waals surface area contributed by atoms with Crippen LogP contribution in [-0.2, 0) is 4.79 Å². The molecule has 0 unspecified atom stereocenters. The molecule has 1 fully saturated rings. The van der Waals surface area contributed by atoms with Gasteiger partial charge in [-0.15, -0.1) is 11.3 Å². The number of fused-ring (bicyclic) bond motifs is 1. The van der Waals surface area contributed by atoms with Gasteiger partial charge in [0.15, 0.2) is 5.75 Å². The Bertz CT molecular complexity index is 861. The Morgan fingerprint density at radius 2 is 2.19 bits per heavy atom. The highest BCUT2D eigenvalue weighted by molar-refractivity contribution is 7.17. The van der Waals surface area contributed by atoms with Crippen molar-refractivity contribution in [1.29, 1.82) is 0 Å². The van der Waals surface area contributed by atoms with E-state index < -0.39 is 11.3 Å². The number of thiophene rings is 1. The van der Waals surface area contributed by atoms with Crippen molar-refractivity contribution in [3.8, 4) is 11.6 Å². The molecule has 1 aliphatic heterocycles. The van der Waals surface area contributed by atoms with E-state index in [0.717, 1.165) is 11.1 Å². The lowest BCUT2D eigenvalue weighted by Crippen LogP contribution is -2.34. The molecule has 1 aliphatic rings. The van der Waals surface area contributed by atoms with Gasteiger partial charge in [-0.2, -0.15) is 0 Å². The molecule has 1 saturated heterocycles. The third-order valence-electron chi connectivity index (χ3n) is 5.11. The van der Waals surface area contributed by atoms with Crippen LogP contribution in [0.1, 0.15) is 37.6 Å². The predicted octanol–water partition coefficient (Wildman–Crippen LogP) is 2.33. The van der Waals surface area contributed by atoms with E-state index >= 15 is 0 Å². The van der Waals surface area contributed by atoms with Gasteiger partial charge < -0.3 is 20.5 Å². The molecule has 26 heavy (non-hydrogen) atoms. The van der Waals surface area contributed by atoms with Crippen LogP contribution in [0.15, 0.2) is 11.4 Å². The van der Waals surface area contributed by atoms with Crippen molar-refractivity contribution in [1.82, 2.24) is 10.3 Å². The van der Waals surface area contributed by atoms with Crippen LogP contribution in [-0.4, -0.2) is 36.6 Å². The fraction of sp³-hybridized carbons (Fsp3) is 0.500. The van der Waals surface area contributed by atoms with Crippen LogP contribution in [0.25, 0.3) is 10.2 Å². The minimum Gasteiger partial charge on any atom is -0.488 e. The van der Waals surface area contributed by atoms with E-state index in [1.165, 1.54) is 18.4 Å². The number of amides is 2. The molecular formula is C18H23N3O4S. The first-order chi connectivity index (χ1) is 12.3. The molecule has 3 heterocycles. The molecule has 8 heteroatoms. The SMILES string of the molecule is CC[C@H]1[C@@H](COc2csc3cc(C(N)=O)c(OC)nc23)NC(=O)C1(C)C. The second-order valence-corrected chi connectivity index (χ2v) is 7.89. The van der Waals surface area contributed by atoms with Gasteiger partial charge in [0.25, 0.3) is 5.91 Å². The number of ether oxygens (including phenoxy) is 2. The maximum absolute atomic E-state index is 12.2. The van der Waals surface area contributed by atoms with Crippen molar-refractivity contribution in [3.63, 3.8) is 0 Å². The molecule has 2 aromatic rings. The van der Waals surface area contributed by atoms with Gasteiger partial charge in [-0.3, -0.25) is 9.59 Å². The third-order valence-corrected chi connectivity index (χ3v) is 6.01. The normalized spacial score (nSPS) is 21.6. The number of nitrogens with two attached hydrogens (primary N) is 1. The first-order valence-electron chi connectivity index (χ1n) is 8.49. The molecular weight excluding hydrogens is 354 g/mol. The number of nitrogens with zero attached hydrogens (tertiary/aromatic N) is 1. The molecule has 140 valence electrons. The lowest BCUT2D eigenvalue weighted by atomic mass is 9.77. The summed E-state index contributed by atoms with van der Waals surface area (Å²) in [5, 5.41) is 4.87. The van der Waals surface area contributed by atoms with Gasteiger partial charge in [0.2, 0.25) is 11.8 Å².